The van der Waals surface area contributed by atoms with E-state index >= 15 is 0 Å². The first-order valence-corrected chi connectivity index (χ1v) is 7.57. The molecule has 0 unspecified atom stereocenters. The van der Waals surface area contributed by atoms with Crippen LogP contribution in [0.4, 0.5) is 4.39 Å². The van der Waals surface area contributed by atoms with Crippen molar-refractivity contribution in [2.45, 2.75) is 0 Å². The van der Waals surface area contributed by atoms with Crippen molar-refractivity contribution in [2.75, 3.05) is 14.1 Å². The van der Waals surface area contributed by atoms with Gasteiger partial charge < -0.3 is 4.90 Å². The average molecular weight is 334 g/mol. The Kier molecular flexibility index (Phi) is 4.31. The van der Waals surface area contributed by atoms with Gasteiger partial charge in [-0.2, -0.15) is 10.4 Å². The number of benzene rings is 1. The second-order valence-electron chi connectivity index (χ2n) is 5.73. The third-order valence-corrected chi connectivity index (χ3v) is 3.65. The lowest BCUT2D eigenvalue weighted by molar-refractivity contribution is 0.104. The minimum absolute atomic E-state index is 0.215. The molecule has 0 radical (unpaired) electrons. The number of hydrogen-bond donors (Lipinski definition) is 0. The lowest BCUT2D eigenvalue weighted by Crippen LogP contribution is -2.03. The van der Waals surface area contributed by atoms with Crippen LogP contribution in [-0.2, 0) is 0 Å². The second-order valence-corrected chi connectivity index (χ2v) is 5.73. The van der Waals surface area contributed by atoms with Gasteiger partial charge in [0.2, 0.25) is 0 Å². The molecule has 0 N–H and O–H groups in total. The summed E-state index contributed by atoms with van der Waals surface area (Å²) >= 11 is 0. The van der Waals surface area contributed by atoms with Gasteiger partial charge in [-0.05, 0) is 36.4 Å². The molecule has 2 aromatic heterocycles. The van der Waals surface area contributed by atoms with E-state index in [4.69, 9.17) is 5.26 Å². The quantitative estimate of drug-likeness (QED) is 0.543. The number of nitriles is 1. The summed E-state index contributed by atoms with van der Waals surface area (Å²) < 4.78 is 14.7. The molecule has 3 aromatic rings. The predicted molar refractivity (Wildman–Crippen MR) is 92.5 cm³/mol. The van der Waals surface area contributed by atoms with Crippen LogP contribution in [0.25, 0.3) is 16.8 Å². The molecule has 0 saturated heterocycles. The summed E-state index contributed by atoms with van der Waals surface area (Å²) in [6, 6.07) is 11.2. The molecule has 0 fully saturated rings. The van der Waals surface area contributed by atoms with Gasteiger partial charge in [0.25, 0.3) is 0 Å². The molecule has 3 rings (SSSR count). The average Bonchev–Trinajstić information content (AvgIpc) is 2.98. The van der Waals surface area contributed by atoms with Crippen LogP contribution in [0.5, 0.6) is 0 Å². The number of carbonyl (C=O) groups is 1. The topological polar surface area (TPSA) is 61.4 Å². The van der Waals surface area contributed by atoms with Crippen molar-refractivity contribution in [2.24, 2.45) is 0 Å². The van der Waals surface area contributed by atoms with E-state index in [1.54, 1.807) is 41.6 Å². The van der Waals surface area contributed by atoms with Gasteiger partial charge in [-0.15, -0.1) is 0 Å². The van der Waals surface area contributed by atoms with E-state index in [0.29, 0.717) is 27.9 Å². The summed E-state index contributed by atoms with van der Waals surface area (Å²) in [7, 11) is 3.64. The molecule has 0 aliphatic carbocycles. The van der Waals surface area contributed by atoms with Crippen molar-refractivity contribution in [3.05, 3.63) is 71.8 Å². The smallest absolute Gasteiger partial charge is 0.191 e. The van der Waals surface area contributed by atoms with Crippen molar-refractivity contribution >= 4 is 11.3 Å². The lowest BCUT2D eigenvalue weighted by Gasteiger charge is -2.04. The Bertz CT molecular complexity index is 1010. The highest BCUT2D eigenvalue weighted by Crippen LogP contribution is 2.27. The summed E-state index contributed by atoms with van der Waals surface area (Å²) in [5.41, 5.74) is 2.51. The number of rotatable bonds is 4. The summed E-state index contributed by atoms with van der Waals surface area (Å²) in [5, 5.41) is 13.5. The van der Waals surface area contributed by atoms with E-state index in [-0.39, 0.29) is 11.6 Å². The maximum atomic E-state index is 13.2. The van der Waals surface area contributed by atoms with Crippen LogP contribution in [0.15, 0.2) is 54.9 Å². The Hall–Kier alpha value is -3.46. The number of nitrogens with zero attached hydrogens (tertiary/aromatic N) is 4. The molecular formula is C19H15FN4O. The van der Waals surface area contributed by atoms with Gasteiger partial charge in [-0.3, -0.25) is 4.79 Å². The first kappa shape index (κ1) is 16.4. The maximum Gasteiger partial charge on any atom is 0.191 e. The van der Waals surface area contributed by atoms with Crippen molar-refractivity contribution in [1.29, 1.82) is 5.26 Å². The first-order chi connectivity index (χ1) is 12.0. The molecule has 124 valence electrons. The normalized spacial score (nSPS) is 11.0. The van der Waals surface area contributed by atoms with Gasteiger partial charge in [0, 0.05) is 38.1 Å². The highest BCUT2D eigenvalue weighted by molar-refractivity contribution is 6.13. The molecule has 6 heteroatoms. The molecule has 2 heterocycles. The van der Waals surface area contributed by atoms with Gasteiger partial charge in [-0.25, -0.2) is 8.91 Å². The molecule has 0 saturated carbocycles. The maximum absolute atomic E-state index is 13.2. The van der Waals surface area contributed by atoms with E-state index in [1.165, 1.54) is 22.7 Å². The second kappa shape index (κ2) is 6.57. The molecule has 0 aliphatic heterocycles. The van der Waals surface area contributed by atoms with Gasteiger partial charge >= 0.3 is 0 Å². The number of pyridine rings is 1. The van der Waals surface area contributed by atoms with E-state index in [1.807, 2.05) is 20.2 Å². The van der Waals surface area contributed by atoms with Crippen LogP contribution in [0.3, 0.4) is 0 Å². The van der Waals surface area contributed by atoms with Crippen LogP contribution >= 0.6 is 0 Å². The van der Waals surface area contributed by atoms with Crippen molar-refractivity contribution in [1.82, 2.24) is 14.5 Å². The molecule has 0 bridgehead atoms. The Morgan fingerprint density at radius 3 is 2.60 bits per heavy atom. The van der Waals surface area contributed by atoms with E-state index in [9.17, 15) is 9.18 Å². The predicted octanol–water partition coefficient (Wildman–Crippen LogP) is 3.27. The number of fused-ring (bicyclic) bond motifs is 1. The molecule has 0 spiro atoms. The lowest BCUT2D eigenvalue weighted by atomic mass is 10.0. The third-order valence-electron chi connectivity index (χ3n) is 3.65. The highest BCUT2D eigenvalue weighted by atomic mass is 19.1. The first-order valence-electron chi connectivity index (χ1n) is 7.57. The number of allylic oxidation sites excluding steroid dienone is 1. The number of halogens is 1. The van der Waals surface area contributed by atoms with Crippen molar-refractivity contribution in [3.63, 3.8) is 0 Å². The Balaban J connectivity index is 2.23. The Labute approximate surface area is 144 Å². The fourth-order valence-electron chi connectivity index (χ4n) is 2.47. The monoisotopic (exact) mass is 334 g/mol. The minimum Gasteiger partial charge on any atom is -0.383 e. The van der Waals surface area contributed by atoms with Gasteiger partial charge in [0.15, 0.2) is 5.78 Å². The molecule has 0 amide bonds. The van der Waals surface area contributed by atoms with Crippen LogP contribution in [0.2, 0.25) is 0 Å². The molecule has 1 aromatic carbocycles. The zero-order valence-electron chi connectivity index (χ0n) is 13.8. The molecule has 5 nitrogen and oxygen atoms in total. The van der Waals surface area contributed by atoms with Gasteiger partial charge in [-0.1, -0.05) is 0 Å². The highest BCUT2D eigenvalue weighted by Gasteiger charge is 2.19. The van der Waals surface area contributed by atoms with Crippen molar-refractivity contribution < 1.29 is 9.18 Å². The van der Waals surface area contributed by atoms with Crippen LogP contribution < -0.4 is 0 Å². The summed E-state index contributed by atoms with van der Waals surface area (Å²) in [6.07, 6.45) is 4.68. The number of aromatic nitrogens is 2. The number of hydrogen-bond acceptors (Lipinski definition) is 4. The van der Waals surface area contributed by atoms with Gasteiger partial charge in [0.1, 0.15) is 17.6 Å². The zero-order valence-corrected chi connectivity index (χ0v) is 13.8. The van der Waals surface area contributed by atoms with Crippen LogP contribution in [-0.4, -0.2) is 34.4 Å². The summed E-state index contributed by atoms with van der Waals surface area (Å²) in [6.45, 7) is 0. The molecule has 0 aliphatic rings. The van der Waals surface area contributed by atoms with Gasteiger partial charge in [0.05, 0.1) is 16.6 Å². The summed E-state index contributed by atoms with van der Waals surface area (Å²) in [5.74, 6) is -0.576. The number of carbonyl (C=O) groups excluding carboxylic acids is 1. The van der Waals surface area contributed by atoms with Crippen LogP contribution in [0, 0.1) is 17.1 Å². The Morgan fingerprint density at radius 1 is 1.24 bits per heavy atom. The number of ketones is 1. The minimum atomic E-state index is -0.361. The zero-order chi connectivity index (χ0) is 18.0. The largest absolute Gasteiger partial charge is 0.383 e. The Morgan fingerprint density at radius 2 is 1.96 bits per heavy atom. The fraction of sp³-hybridized carbons (Fsp3) is 0.105. The molecule has 0 atom stereocenters. The van der Waals surface area contributed by atoms with E-state index < -0.39 is 0 Å². The standard InChI is InChI=1S/C19H15FN4O/c1-23(2)10-9-17(25)18-16-8-3-13(11-21)12-24(16)22-19(18)14-4-6-15(20)7-5-14/h3-10,12H,1-2H3/b10-9+. The van der Waals surface area contributed by atoms with E-state index in [2.05, 4.69) is 5.10 Å². The van der Waals surface area contributed by atoms with Crippen molar-refractivity contribution in [3.8, 4) is 17.3 Å². The summed E-state index contributed by atoms with van der Waals surface area (Å²) in [4.78, 5) is 14.5. The fourth-order valence-corrected chi connectivity index (χ4v) is 2.47. The SMILES string of the molecule is CN(C)/C=C/C(=O)c1c(-c2ccc(F)cc2)nn2cc(C#N)ccc12. The van der Waals surface area contributed by atoms with Crippen LogP contribution in [0.1, 0.15) is 15.9 Å². The third kappa shape index (κ3) is 3.26. The molecular weight excluding hydrogens is 319 g/mol. The van der Waals surface area contributed by atoms with E-state index in [0.717, 1.165) is 0 Å². The molecule has 25 heavy (non-hydrogen) atoms.